The van der Waals surface area contributed by atoms with Gasteiger partial charge in [-0.25, -0.2) is 4.79 Å². The number of carboxylic acids is 1. The molecule has 2 unspecified atom stereocenters. The molecule has 35 heavy (non-hydrogen) atoms. The van der Waals surface area contributed by atoms with Gasteiger partial charge in [0.2, 0.25) is 5.91 Å². The third-order valence-corrected chi connectivity index (χ3v) is 6.59. The normalized spacial score (nSPS) is 14.4. The van der Waals surface area contributed by atoms with Crippen molar-refractivity contribution in [3.8, 4) is 11.1 Å². The van der Waals surface area contributed by atoms with Gasteiger partial charge >= 0.3 is 12.1 Å². The molecule has 1 aliphatic rings. The van der Waals surface area contributed by atoms with Gasteiger partial charge in [0.05, 0.1) is 12.3 Å². The molecule has 0 radical (unpaired) electrons. The number of carbonyl (C=O) groups excluding carboxylic acids is 2. The molecule has 0 heterocycles. The van der Waals surface area contributed by atoms with E-state index >= 15 is 0 Å². The van der Waals surface area contributed by atoms with E-state index in [1.54, 1.807) is 0 Å². The minimum absolute atomic E-state index is 0.0357. The van der Waals surface area contributed by atoms with Crippen LogP contribution in [0.3, 0.4) is 0 Å². The van der Waals surface area contributed by atoms with Crippen LogP contribution in [0.4, 0.5) is 4.79 Å². The first kappa shape index (κ1) is 26.3. The summed E-state index contributed by atoms with van der Waals surface area (Å²) >= 11 is 0. The Labute approximate surface area is 207 Å². The van der Waals surface area contributed by atoms with E-state index in [1.165, 1.54) is 0 Å². The van der Waals surface area contributed by atoms with Crippen LogP contribution < -0.4 is 10.6 Å². The molecule has 0 bridgehead atoms. The first-order valence-electron chi connectivity index (χ1n) is 12.2. The maximum Gasteiger partial charge on any atom is 0.407 e. The van der Waals surface area contributed by atoms with Crippen molar-refractivity contribution in [1.29, 1.82) is 0 Å². The molecule has 7 nitrogen and oxygen atoms in total. The molecule has 0 spiro atoms. The van der Waals surface area contributed by atoms with Crippen LogP contribution in [0.15, 0.2) is 48.5 Å². The lowest BCUT2D eigenvalue weighted by Gasteiger charge is -2.31. The summed E-state index contributed by atoms with van der Waals surface area (Å²) in [6, 6.07) is 15.8. The predicted molar refractivity (Wildman–Crippen MR) is 135 cm³/mol. The number of nitrogens with one attached hydrogen (secondary N) is 2. The van der Waals surface area contributed by atoms with Gasteiger partial charge in [-0.1, -0.05) is 82.6 Å². The van der Waals surface area contributed by atoms with Gasteiger partial charge in [-0.3, -0.25) is 9.59 Å². The number of fused-ring (bicyclic) bond motifs is 3. The number of hydrogen-bond acceptors (Lipinski definition) is 4. The summed E-state index contributed by atoms with van der Waals surface area (Å²) in [7, 11) is 0. The largest absolute Gasteiger partial charge is 0.481 e. The molecule has 3 N–H and O–H groups in total. The number of alkyl carbamates (subject to hydrolysis) is 1. The molecule has 1 aliphatic carbocycles. The molecule has 2 aromatic carbocycles. The molecule has 0 fully saturated rings. The van der Waals surface area contributed by atoms with Crippen LogP contribution in [0, 0.1) is 11.3 Å². The Morgan fingerprint density at radius 3 is 2.09 bits per heavy atom. The maximum atomic E-state index is 12.9. The zero-order chi connectivity index (χ0) is 25.6. The van der Waals surface area contributed by atoms with Crippen LogP contribution in [0.25, 0.3) is 11.1 Å². The van der Waals surface area contributed by atoms with Crippen LogP contribution in [0.1, 0.15) is 64.0 Å². The Morgan fingerprint density at radius 2 is 1.57 bits per heavy atom. The molecule has 0 aliphatic heterocycles. The second kappa shape index (κ2) is 11.4. The van der Waals surface area contributed by atoms with Crippen molar-refractivity contribution in [3.63, 3.8) is 0 Å². The number of carboxylic acid groups (broad SMARTS) is 1. The van der Waals surface area contributed by atoms with Crippen LogP contribution >= 0.6 is 0 Å². The standard InChI is InChI=1S/C28H36N2O5/c1-5-10-18(26(33)30-24(15-25(31)32)28(2,3)4)16-29-27(34)35-17-23-21-13-8-6-11-19(21)20-12-7-9-14-22(20)23/h6-9,11-14,18,23-24H,5,10,15-17H2,1-4H3,(H,29,34)(H,30,33)(H,31,32). The van der Waals surface area contributed by atoms with Gasteiger partial charge in [-0.2, -0.15) is 0 Å². The van der Waals surface area contributed by atoms with Gasteiger partial charge < -0.3 is 20.5 Å². The molecule has 2 aromatic rings. The van der Waals surface area contributed by atoms with Crippen molar-refractivity contribution >= 4 is 18.0 Å². The van der Waals surface area contributed by atoms with Gasteiger partial charge in [0, 0.05) is 18.5 Å². The lowest BCUT2D eigenvalue weighted by atomic mass is 9.84. The third kappa shape index (κ3) is 6.62. The lowest BCUT2D eigenvalue weighted by molar-refractivity contribution is -0.138. The molecule has 7 heteroatoms. The van der Waals surface area contributed by atoms with Gasteiger partial charge in [0.25, 0.3) is 0 Å². The molecule has 188 valence electrons. The van der Waals surface area contributed by atoms with Crippen LogP contribution in [0.2, 0.25) is 0 Å². The average molecular weight is 481 g/mol. The van der Waals surface area contributed by atoms with Crippen molar-refractivity contribution in [2.45, 2.75) is 58.9 Å². The first-order valence-corrected chi connectivity index (χ1v) is 12.2. The molecule has 2 amide bonds. The maximum absolute atomic E-state index is 12.9. The number of amides is 2. The molecular formula is C28H36N2O5. The van der Waals surface area contributed by atoms with Crippen molar-refractivity contribution in [2.75, 3.05) is 13.2 Å². The number of hydrogen-bond donors (Lipinski definition) is 3. The van der Waals surface area contributed by atoms with E-state index < -0.39 is 29.4 Å². The number of ether oxygens (including phenoxy) is 1. The predicted octanol–water partition coefficient (Wildman–Crippen LogP) is 4.95. The fourth-order valence-corrected chi connectivity index (χ4v) is 4.57. The summed E-state index contributed by atoms with van der Waals surface area (Å²) in [6.07, 6.45) is 0.593. The summed E-state index contributed by atoms with van der Waals surface area (Å²) in [6.45, 7) is 7.97. The minimum atomic E-state index is -0.964. The first-order chi connectivity index (χ1) is 16.6. The number of benzene rings is 2. The fraction of sp³-hybridized carbons (Fsp3) is 0.464. The summed E-state index contributed by atoms with van der Waals surface area (Å²) in [5.41, 5.74) is 4.18. The second-order valence-electron chi connectivity index (χ2n) is 10.2. The molecule has 3 rings (SSSR count). The van der Waals surface area contributed by atoms with Gasteiger partial charge in [-0.05, 0) is 34.1 Å². The highest BCUT2D eigenvalue weighted by molar-refractivity contribution is 5.81. The average Bonchev–Trinajstić information content (AvgIpc) is 3.12. The fourth-order valence-electron chi connectivity index (χ4n) is 4.57. The van der Waals surface area contributed by atoms with Crippen molar-refractivity contribution in [2.24, 2.45) is 11.3 Å². The minimum Gasteiger partial charge on any atom is -0.481 e. The van der Waals surface area contributed by atoms with Crippen LogP contribution in [-0.4, -0.2) is 42.3 Å². The van der Waals surface area contributed by atoms with E-state index in [0.29, 0.717) is 6.42 Å². The summed E-state index contributed by atoms with van der Waals surface area (Å²) in [5.74, 6) is -1.73. The Kier molecular flexibility index (Phi) is 8.54. The Balaban J connectivity index is 1.58. The molecule has 0 saturated carbocycles. The highest BCUT2D eigenvalue weighted by Crippen LogP contribution is 2.44. The smallest absolute Gasteiger partial charge is 0.407 e. The van der Waals surface area contributed by atoms with E-state index in [2.05, 4.69) is 34.9 Å². The van der Waals surface area contributed by atoms with Gasteiger partial charge in [0.1, 0.15) is 6.61 Å². The Morgan fingerprint density at radius 1 is 1.00 bits per heavy atom. The Hall–Kier alpha value is -3.35. The number of rotatable bonds is 10. The molecule has 0 aromatic heterocycles. The van der Waals surface area contributed by atoms with Crippen molar-refractivity contribution < 1.29 is 24.2 Å². The van der Waals surface area contributed by atoms with E-state index in [4.69, 9.17) is 4.74 Å². The van der Waals surface area contributed by atoms with Gasteiger partial charge in [0.15, 0.2) is 0 Å². The molecule has 0 saturated heterocycles. The summed E-state index contributed by atoms with van der Waals surface area (Å²) in [5, 5.41) is 14.8. The summed E-state index contributed by atoms with van der Waals surface area (Å²) in [4.78, 5) is 36.7. The molecule has 2 atom stereocenters. The van der Waals surface area contributed by atoms with E-state index in [9.17, 15) is 19.5 Å². The van der Waals surface area contributed by atoms with E-state index in [1.807, 2.05) is 52.0 Å². The summed E-state index contributed by atoms with van der Waals surface area (Å²) < 4.78 is 5.58. The van der Waals surface area contributed by atoms with Crippen molar-refractivity contribution in [1.82, 2.24) is 10.6 Å². The lowest BCUT2D eigenvalue weighted by Crippen LogP contribution is -2.49. The van der Waals surface area contributed by atoms with Crippen LogP contribution in [0.5, 0.6) is 0 Å². The quantitative estimate of drug-likeness (QED) is 0.446. The monoisotopic (exact) mass is 480 g/mol. The zero-order valence-electron chi connectivity index (χ0n) is 21.0. The van der Waals surface area contributed by atoms with Crippen LogP contribution in [-0.2, 0) is 14.3 Å². The van der Waals surface area contributed by atoms with Crippen molar-refractivity contribution in [3.05, 3.63) is 59.7 Å². The third-order valence-electron chi connectivity index (χ3n) is 6.59. The highest BCUT2D eigenvalue weighted by Gasteiger charge is 2.31. The van der Waals surface area contributed by atoms with E-state index in [-0.39, 0.29) is 31.4 Å². The highest BCUT2D eigenvalue weighted by atomic mass is 16.5. The molecular weight excluding hydrogens is 444 g/mol. The zero-order valence-corrected chi connectivity index (χ0v) is 21.0. The number of carbonyl (C=O) groups is 3. The SMILES string of the molecule is CCCC(CNC(=O)OCC1c2ccccc2-c2ccccc21)C(=O)NC(CC(=O)O)C(C)(C)C. The topological polar surface area (TPSA) is 105 Å². The van der Waals surface area contributed by atoms with E-state index in [0.717, 1.165) is 28.7 Å². The Bertz CT molecular complexity index is 1010. The van der Waals surface area contributed by atoms with Gasteiger partial charge in [-0.15, -0.1) is 0 Å². The number of aliphatic carboxylic acids is 1. The second-order valence-corrected chi connectivity index (χ2v) is 10.2.